The van der Waals surface area contributed by atoms with Crippen LogP contribution in [-0.2, 0) is 23.3 Å². The second-order valence-corrected chi connectivity index (χ2v) is 7.82. The number of rotatable bonds is 6. The zero-order chi connectivity index (χ0) is 18.7. The lowest BCUT2D eigenvalue weighted by Gasteiger charge is -2.52. The molecule has 0 radical (unpaired) electrons. The fourth-order valence-electron chi connectivity index (χ4n) is 4.88. The molecular formula is C21H29N3O3. The van der Waals surface area contributed by atoms with Crippen molar-refractivity contribution in [3.05, 3.63) is 47.6 Å². The monoisotopic (exact) mass is 371 g/mol. The van der Waals surface area contributed by atoms with Crippen LogP contribution in [0.1, 0.15) is 49.4 Å². The predicted molar refractivity (Wildman–Crippen MR) is 101 cm³/mol. The van der Waals surface area contributed by atoms with E-state index in [9.17, 15) is 5.11 Å². The highest BCUT2D eigenvalue weighted by Gasteiger charge is 2.49. The number of nitrogens with zero attached hydrogens (tertiary/aromatic N) is 3. The fourth-order valence-corrected chi connectivity index (χ4v) is 4.88. The lowest BCUT2D eigenvalue weighted by molar-refractivity contribution is -0.124. The van der Waals surface area contributed by atoms with Gasteiger partial charge in [-0.25, -0.2) is 0 Å². The normalized spacial score (nSPS) is 28.8. The molecule has 1 saturated carbocycles. The predicted octanol–water partition coefficient (Wildman–Crippen LogP) is 2.91. The molecule has 2 heterocycles. The lowest BCUT2D eigenvalue weighted by atomic mass is 9.66. The van der Waals surface area contributed by atoms with Crippen LogP contribution < -0.4 is 0 Å². The maximum Gasteiger partial charge on any atom is 0.240 e. The second kappa shape index (κ2) is 8.09. The van der Waals surface area contributed by atoms with Crippen LogP contribution in [0.15, 0.2) is 34.9 Å². The third kappa shape index (κ3) is 3.79. The minimum atomic E-state index is -0.735. The van der Waals surface area contributed by atoms with Crippen molar-refractivity contribution in [2.24, 2.45) is 5.92 Å². The molecule has 146 valence electrons. The number of hydrogen-bond donors (Lipinski definition) is 1. The van der Waals surface area contributed by atoms with E-state index in [4.69, 9.17) is 9.26 Å². The highest BCUT2D eigenvalue weighted by atomic mass is 16.5. The highest BCUT2D eigenvalue weighted by Crippen LogP contribution is 2.47. The molecule has 0 spiro atoms. The summed E-state index contributed by atoms with van der Waals surface area (Å²) in [5.74, 6) is 1.61. The first-order valence-corrected chi connectivity index (χ1v) is 10.0. The molecule has 1 N–H and O–H groups in total. The van der Waals surface area contributed by atoms with E-state index in [1.165, 1.54) is 12.8 Å². The summed E-state index contributed by atoms with van der Waals surface area (Å²) in [6, 6.07) is 10.6. The molecule has 1 saturated heterocycles. The number of aromatic nitrogens is 2. The summed E-state index contributed by atoms with van der Waals surface area (Å²) in [7, 11) is 1.67. The van der Waals surface area contributed by atoms with Crippen LogP contribution >= 0.6 is 0 Å². The topological polar surface area (TPSA) is 71.6 Å². The van der Waals surface area contributed by atoms with Crippen LogP contribution in [0.3, 0.4) is 0 Å². The summed E-state index contributed by atoms with van der Waals surface area (Å²) in [4.78, 5) is 6.95. The maximum atomic E-state index is 11.6. The first-order chi connectivity index (χ1) is 13.2. The van der Waals surface area contributed by atoms with E-state index in [1.807, 2.05) is 18.2 Å². The molecule has 27 heavy (non-hydrogen) atoms. The summed E-state index contributed by atoms with van der Waals surface area (Å²) in [6.07, 6.45) is 5.99. The summed E-state index contributed by atoms with van der Waals surface area (Å²) in [6.45, 7) is 2.09. The summed E-state index contributed by atoms with van der Waals surface area (Å²) in [5, 5.41) is 15.7. The van der Waals surface area contributed by atoms with Gasteiger partial charge in [0.25, 0.3) is 0 Å². The van der Waals surface area contributed by atoms with Crippen LogP contribution in [-0.4, -0.2) is 46.5 Å². The summed E-state index contributed by atoms with van der Waals surface area (Å²) < 4.78 is 10.5. The highest BCUT2D eigenvalue weighted by molar-refractivity contribution is 5.25. The zero-order valence-electron chi connectivity index (χ0n) is 16.0. The molecule has 2 aromatic rings. The molecule has 1 aliphatic heterocycles. The van der Waals surface area contributed by atoms with Crippen molar-refractivity contribution < 1.29 is 14.4 Å². The van der Waals surface area contributed by atoms with Crippen molar-refractivity contribution in [3.8, 4) is 0 Å². The molecule has 6 heteroatoms. The Bertz CT molecular complexity index is 735. The van der Waals surface area contributed by atoms with Gasteiger partial charge in [-0.1, -0.05) is 48.3 Å². The molecule has 1 aliphatic carbocycles. The van der Waals surface area contributed by atoms with Gasteiger partial charge in [-0.05, 0) is 24.8 Å². The number of fused-ring (bicyclic) bond motifs is 1. The third-order valence-corrected chi connectivity index (χ3v) is 6.24. The van der Waals surface area contributed by atoms with Crippen molar-refractivity contribution >= 4 is 0 Å². The Hall–Kier alpha value is -1.76. The number of aliphatic hydroxyl groups is 1. The smallest absolute Gasteiger partial charge is 0.240 e. The van der Waals surface area contributed by atoms with Gasteiger partial charge in [0, 0.05) is 32.0 Å². The zero-order valence-corrected chi connectivity index (χ0v) is 16.0. The fraction of sp³-hybridized carbons (Fsp3) is 0.619. The second-order valence-electron chi connectivity index (χ2n) is 7.82. The van der Waals surface area contributed by atoms with Gasteiger partial charge in [0.1, 0.15) is 0 Å². The van der Waals surface area contributed by atoms with Gasteiger partial charge in [-0.2, -0.15) is 4.98 Å². The third-order valence-electron chi connectivity index (χ3n) is 6.24. The van der Waals surface area contributed by atoms with Gasteiger partial charge in [0.05, 0.1) is 18.8 Å². The Kier molecular flexibility index (Phi) is 5.57. The summed E-state index contributed by atoms with van der Waals surface area (Å²) >= 11 is 0. The first kappa shape index (κ1) is 18.6. The average Bonchev–Trinajstić information content (AvgIpc) is 3.17. The first-order valence-electron chi connectivity index (χ1n) is 10.0. The van der Waals surface area contributed by atoms with Crippen LogP contribution in [0.5, 0.6) is 0 Å². The SMILES string of the molecule is COCCc1noc(CN2CC[C@](O)(c3ccccc3)[C@@H]3CCCC[C@H]32)n1. The van der Waals surface area contributed by atoms with E-state index >= 15 is 0 Å². The Labute approximate surface area is 160 Å². The van der Waals surface area contributed by atoms with E-state index in [1.54, 1.807) is 7.11 Å². The van der Waals surface area contributed by atoms with Gasteiger partial charge in [-0.3, -0.25) is 4.90 Å². The maximum absolute atomic E-state index is 11.6. The van der Waals surface area contributed by atoms with Crippen LogP contribution in [0, 0.1) is 5.92 Å². The molecule has 0 unspecified atom stereocenters. The van der Waals surface area contributed by atoms with Crippen LogP contribution in [0.25, 0.3) is 0 Å². The van der Waals surface area contributed by atoms with Crippen molar-refractivity contribution in [3.63, 3.8) is 0 Å². The van der Waals surface area contributed by atoms with E-state index in [2.05, 4.69) is 27.2 Å². The number of benzene rings is 1. The molecule has 1 aromatic carbocycles. The average molecular weight is 371 g/mol. The van der Waals surface area contributed by atoms with Crippen molar-refractivity contribution in [2.45, 2.75) is 56.7 Å². The molecule has 3 atom stereocenters. The van der Waals surface area contributed by atoms with Crippen molar-refractivity contribution in [1.29, 1.82) is 0 Å². The van der Waals surface area contributed by atoms with Gasteiger partial charge < -0.3 is 14.4 Å². The number of methoxy groups -OCH3 is 1. The Morgan fingerprint density at radius 1 is 1.26 bits per heavy atom. The molecule has 4 rings (SSSR count). The van der Waals surface area contributed by atoms with E-state index < -0.39 is 5.60 Å². The molecule has 2 aliphatic rings. The Morgan fingerprint density at radius 3 is 2.89 bits per heavy atom. The van der Waals surface area contributed by atoms with E-state index in [-0.39, 0.29) is 5.92 Å². The van der Waals surface area contributed by atoms with Crippen molar-refractivity contribution in [2.75, 3.05) is 20.3 Å². The number of piperidine rings is 1. The minimum absolute atomic E-state index is 0.248. The van der Waals surface area contributed by atoms with E-state index in [0.717, 1.165) is 31.4 Å². The van der Waals surface area contributed by atoms with Gasteiger partial charge in [0.15, 0.2) is 5.82 Å². The molecule has 0 amide bonds. The largest absolute Gasteiger partial charge is 0.385 e. The molecule has 1 aromatic heterocycles. The molecular weight excluding hydrogens is 342 g/mol. The number of ether oxygens (including phenoxy) is 1. The van der Waals surface area contributed by atoms with E-state index in [0.29, 0.717) is 37.3 Å². The Morgan fingerprint density at radius 2 is 2.07 bits per heavy atom. The van der Waals surface area contributed by atoms with Crippen LogP contribution in [0.2, 0.25) is 0 Å². The molecule has 2 fully saturated rings. The number of hydrogen-bond acceptors (Lipinski definition) is 6. The lowest BCUT2D eigenvalue weighted by Crippen LogP contribution is -2.57. The van der Waals surface area contributed by atoms with Crippen LogP contribution in [0.4, 0.5) is 0 Å². The van der Waals surface area contributed by atoms with Crippen molar-refractivity contribution in [1.82, 2.24) is 15.0 Å². The minimum Gasteiger partial charge on any atom is -0.385 e. The molecule has 6 nitrogen and oxygen atoms in total. The quantitative estimate of drug-likeness (QED) is 0.842. The van der Waals surface area contributed by atoms with Gasteiger partial charge in [0.2, 0.25) is 5.89 Å². The standard InChI is InChI=1S/C21H29N3O3/c1-26-14-11-19-22-20(27-23-19)15-24-13-12-21(25,16-7-3-2-4-8-16)17-9-5-6-10-18(17)24/h2-4,7-8,17-18,25H,5-6,9-15H2,1H3/t17-,18-,21+/m1/s1. The summed E-state index contributed by atoms with van der Waals surface area (Å²) in [5.41, 5.74) is 0.322. The van der Waals surface area contributed by atoms with Gasteiger partial charge in [-0.15, -0.1) is 0 Å². The Balaban J connectivity index is 1.51. The number of likely N-dealkylation sites (tertiary alicyclic amines) is 1. The van der Waals surface area contributed by atoms with Gasteiger partial charge >= 0.3 is 0 Å². The molecule has 0 bridgehead atoms.